The zero-order chi connectivity index (χ0) is 18.1. The molecule has 0 saturated carbocycles. The Labute approximate surface area is 150 Å². The minimum Gasteiger partial charge on any atom is -0.362 e. The average molecular weight is 346 g/mol. The molecule has 1 aromatic rings. The van der Waals surface area contributed by atoms with E-state index in [1.807, 2.05) is 30.8 Å². The lowest BCUT2D eigenvalue weighted by Gasteiger charge is -2.31. The molecule has 138 valence electrons. The first-order chi connectivity index (χ1) is 11.8. The minimum absolute atomic E-state index is 0.215. The van der Waals surface area contributed by atoms with Crippen LogP contribution >= 0.6 is 0 Å². The summed E-state index contributed by atoms with van der Waals surface area (Å²) in [6.07, 6.45) is 1.97. The molecule has 1 fully saturated rings. The minimum atomic E-state index is 0.215. The van der Waals surface area contributed by atoms with Gasteiger partial charge < -0.3 is 14.7 Å². The van der Waals surface area contributed by atoms with Gasteiger partial charge >= 0.3 is 0 Å². The van der Waals surface area contributed by atoms with E-state index in [2.05, 4.69) is 33.9 Å². The van der Waals surface area contributed by atoms with Crippen LogP contribution in [0.5, 0.6) is 0 Å². The largest absolute Gasteiger partial charge is 0.362 e. The van der Waals surface area contributed by atoms with Crippen LogP contribution in [0.25, 0.3) is 0 Å². The predicted octanol–water partition coefficient (Wildman–Crippen LogP) is 0.372. The van der Waals surface area contributed by atoms with Gasteiger partial charge in [0.25, 0.3) is 0 Å². The normalized spacial score (nSPS) is 20.9. The predicted molar refractivity (Wildman–Crippen MR) is 98.7 cm³/mol. The molecule has 2 aliphatic rings. The van der Waals surface area contributed by atoms with Gasteiger partial charge in [-0.05, 0) is 33.9 Å². The lowest BCUT2D eigenvalue weighted by Crippen LogP contribution is -2.43. The molecular formula is C18H30N6O. The Kier molecular flexibility index (Phi) is 5.24. The highest BCUT2D eigenvalue weighted by atomic mass is 16.2. The molecule has 3 rings (SSSR count). The molecule has 1 unspecified atom stereocenters. The standard InChI is InChI=1S/C18H30N6O/c1-13-19-16-11-24(9-7-15(16)18(20-13)22(4)5)17(25)12-23-8-6-14(10-23)21(2)3/h14H,6-12H2,1-5H3. The van der Waals surface area contributed by atoms with Gasteiger partial charge in [0.05, 0.1) is 18.8 Å². The number of hydrogen-bond donors (Lipinski definition) is 0. The Morgan fingerprint density at radius 2 is 1.96 bits per heavy atom. The quantitative estimate of drug-likeness (QED) is 0.785. The second-order valence-corrected chi connectivity index (χ2v) is 7.62. The second-order valence-electron chi connectivity index (χ2n) is 7.62. The summed E-state index contributed by atoms with van der Waals surface area (Å²) in [5.74, 6) is 1.97. The van der Waals surface area contributed by atoms with E-state index in [4.69, 9.17) is 0 Å². The van der Waals surface area contributed by atoms with Crippen LogP contribution in [0.4, 0.5) is 5.82 Å². The molecule has 1 atom stereocenters. The lowest BCUT2D eigenvalue weighted by atomic mass is 10.0. The second kappa shape index (κ2) is 7.25. The van der Waals surface area contributed by atoms with Crippen LogP contribution in [0.2, 0.25) is 0 Å². The van der Waals surface area contributed by atoms with Crippen molar-refractivity contribution in [2.75, 3.05) is 59.3 Å². The summed E-state index contributed by atoms with van der Waals surface area (Å²) in [5.41, 5.74) is 2.19. The van der Waals surface area contributed by atoms with Gasteiger partial charge in [-0.3, -0.25) is 9.69 Å². The molecule has 0 spiro atoms. The zero-order valence-electron chi connectivity index (χ0n) is 16.1. The van der Waals surface area contributed by atoms with Crippen LogP contribution < -0.4 is 4.90 Å². The van der Waals surface area contributed by atoms with Crippen LogP contribution in [0.1, 0.15) is 23.5 Å². The van der Waals surface area contributed by atoms with E-state index < -0.39 is 0 Å². The van der Waals surface area contributed by atoms with Crippen molar-refractivity contribution >= 4 is 11.7 Å². The highest BCUT2D eigenvalue weighted by molar-refractivity contribution is 5.78. The van der Waals surface area contributed by atoms with Crippen LogP contribution in [0, 0.1) is 6.92 Å². The lowest BCUT2D eigenvalue weighted by molar-refractivity contribution is -0.133. The van der Waals surface area contributed by atoms with Gasteiger partial charge in [-0.2, -0.15) is 0 Å². The Bertz CT molecular complexity index is 645. The Morgan fingerprint density at radius 3 is 2.60 bits per heavy atom. The SMILES string of the molecule is Cc1nc2c(c(N(C)C)n1)CCN(C(=O)CN1CCC(N(C)C)C1)C2. The monoisotopic (exact) mass is 346 g/mol. The number of rotatable bonds is 4. The number of hydrogen-bond acceptors (Lipinski definition) is 6. The average Bonchev–Trinajstić information content (AvgIpc) is 3.02. The fourth-order valence-corrected chi connectivity index (χ4v) is 3.78. The van der Waals surface area contributed by atoms with Gasteiger partial charge in [-0.1, -0.05) is 0 Å². The molecule has 1 saturated heterocycles. The van der Waals surface area contributed by atoms with Gasteiger partial charge in [-0.15, -0.1) is 0 Å². The number of amides is 1. The third kappa shape index (κ3) is 3.93. The Balaban J connectivity index is 1.66. The first kappa shape index (κ1) is 18.1. The number of fused-ring (bicyclic) bond motifs is 1. The zero-order valence-corrected chi connectivity index (χ0v) is 16.1. The molecule has 2 aliphatic heterocycles. The molecule has 1 aromatic heterocycles. The maximum Gasteiger partial charge on any atom is 0.237 e. The van der Waals surface area contributed by atoms with Crippen LogP contribution in [0.3, 0.4) is 0 Å². The maximum atomic E-state index is 12.8. The third-order valence-corrected chi connectivity index (χ3v) is 5.27. The fraction of sp³-hybridized carbons (Fsp3) is 0.722. The number of carbonyl (C=O) groups excluding carboxylic acids is 1. The Morgan fingerprint density at radius 1 is 1.20 bits per heavy atom. The molecule has 7 nitrogen and oxygen atoms in total. The highest BCUT2D eigenvalue weighted by Gasteiger charge is 2.29. The van der Waals surface area contributed by atoms with Crippen molar-refractivity contribution in [1.29, 1.82) is 0 Å². The molecule has 0 bridgehead atoms. The van der Waals surface area contributed by atoms with Crippen molar-refractivity contribution in [1.82, 2.24) is 24.7 Å². The number of carbonyl (C=O) groups is 1. The summed E-state index contributed by atoms with van der Waals surface area (Å²) in [7, 11) is 8.24. The maximum absolute atomic E-state index is 12.8. The first-order valence-corrected chi connectivity index (χ1v) is 9.05. The molecule has 0 aromatic carbocycles. The molecular weight excluding hydrogens is 316 g/mol. The van der Waals surface area contributed by atoms with Gasteiger partial charge in [-0.25, -0.2) is 9.97 Å². The van der Waals surface area contributed by atoms with Crippen LogP contribution in [-0.2, 0) is 17.8 Å². The summed E-state index contributed by atoms with van der Waals surface area (Å²) in [4.78, 5) is 30.5. The van der Waals surface area contributed by atoms with Gasteiger partial charge in [0.2, 0.25) is 5.91 Å². The van der Waals surface area contributed by atoms with E-state index in [1.54, 1.807) is 0 Å². The number of likely N-dealkylation sites (tertiary alicyclic amines) is 1. The van der Waals surface area contributed by atoms with E-state index in [0.29, 0.717) is 19.1 Å². The van der Waals surface area contributed by atoms with Gasteiger partial charge in [0.15, 0.2) is 0 Å². The van der Waals surface area contributed by atoms with Crippen molar-refractivity contribution in [2.45, 2.75) is 32.4 Å². The number of nitrogens with zero attached hydrogens (tertiary/aromatic N) is 6. The Hall–Kier alpha value is -1.73. The van der Waals surface area contributed by atoms with Crippen molar-refractivity contribution < 1.29 is 4.79 Å². The van der Waals surface area contributed by atoms with Crippen molar-refractivity contribution in [3.63, 3.8) is 0 Å². The molecule has 1 amide bonds. The summed E-state index contributed by atoms with van der Waals surface area (Å²) in [6, 6.07) is 0.563. The molecule has 25 heavy (non-hydrogen) atoms. The van der Waals surface area contributed by atoms with Crippen molar-refractivity contribution in [3.8, 4) is 0 Å². The molecule has 0 N–H and O–H groups in total. The number of aromatic nitrogens is 2. The number of aryl methyl sites for hydroxylation is 1. The van der Waals surface area contributed by atoms with E-state index in [1.165, 1.54) is 5.56 Å². The summed E-state index contributed by atoms with van der Waals surface area (Å²) >= 11 is 0. The number of anilines is 1. The third-order valence-electron chi connectivity index (χ3n) is 5.27. The topological polar surface area (TPSA) is 55.8 Å². The van der Waals surface area contributed by atoms with E-state index in [0.717, 1.165) is 49.8 Å². The molecule has 0 radical (unpaired) electrons. The van der Waals surface area contributed by atoms with E-state index in [-0.39, 0.29) is 5.91 Å². The molecule has 0 aliphatic carbocycles. The van der Waals surface area contributed by atoms with Gasteiger partial charge in [0.1, 0.15) is 11.6 Å². The first-order valence-electron chi connectivity index (χ1n) is 9.05. The number of likely N-dealkylation sites (N-methyl/N-ethyl adjacent to an activating group) is 1. The van der Waals surface area contributed by atoms with Crippen LogP contribution in [-0.4, -0.2) is 91.0 Å². The van der Waals surface area contributed by atoms with Crippen molar-refractivity contribution in [3.05, 3.63) is 17.1 Å². The molecule has 7 heteroatoms. The smallest absolute Gasteiger partial charge is 0.237 e. The molecule has 3 heterocycles. The summed E-state index contributed by atoms with van der Waals surface area (Å²) in [5, 5.41) is 0. The van der Waals surface area contributed by atoms with E-state index in [9.17, 15) is 4.79 Å². The summed E-state index contributed by atoms with van der Waals surface area (Å²) in [6.45, 7) is 5.78. The van der Waals surface area contributed by atoms with Gasteiger partial charge in [0, 0.05) is 45.3 Å². The van der Waals surface area contributed by atoms with E-state index >= 15 is 0 Å². The van der Waals surface area contributed by atoms with Crippen LogP contribution in [0.15, 0.2) is 0 Å². The fourth-order valence-electron chi connectivity index (χ4n) is 3.78. The summed E-state index contributed by atoms with van der Waals surface area (Å²) < 4.78 is 0. The highest BCUT2D eigenvalue weighted by Crippen LogP contribution is 2.25. The van der Waals surface area contributed by atoms with Crippen molar-refractivity contribution in [2.24, 2.45) is 0 Å².